The largest absolute Gasteiger partial charge is 0.484 e. The van der Waals surface area contributed by atoms with Crippen LogP contribution in [0.25, 0.3) is 0 Å². The highest BCUT2D eigenvalue weighted by molar-refractivity contribution is 6.28. The van der Waals surface area contributed by atoms with Gasteiger partial charge in [-0.15, -0.1) is 0 Å². The Bertz CT molecular complexity index is 769. The summed E-state index contributed by atoms with van der Waals surface area (Å²) in [7, 11) is 1.79. The molecule has 4 heterocycles. The number of carbonyl (C=O) groups is 1. The second-order valence-electron chi connectivity index (χ2n) is 8.75. The summed E-state index contributed by atoms with van der Waals surface area (Å²) in [6.45, 7) is 8.66. The van der Waals surface area contributed by atoms with Crippen molar-refractivity contribution in [3.63, 3.8) is 0 Å². The molecule has 3 aliphatic rings. The maximum Gasteiger partial charge on any atom is 0.410 e. The average Bonchev–Trinajstić information content (AvgIpc) is 3.28. The van der Waals surface area contributed by atoms with Crippen LogP contribution in [0.2, 0.25) is 5.28 Å². The molecule has 2 fully saturated rings. The van der Waals surface area contributed by atoms with Gasteiger partial charge in [0.2, 0.25) is 11.0 Å². The Hall–Kier alpha value is -1.96. The molecule has 1 amide bonds. The number of nitrogens with zero attached hydrogens (tertiary/aromatic N) is 5. The molecule has 1 aromatic rings. The van der Waals surface area contributed by atoms with Crippen LogP contribution >= 0.6 is 11.6 Å². The third kappa shape index (κ3) is 3.66. The summed E-state index contributed by atoms with van der Waals surface area (Å²) >= 11 is 6.26. The van der Waals surface area contributed by atoms with Gasteiger partial charge in [0.15, 0.2) is 11.6 Å². The van der Waals surface area contributed by atoms with Crippen LogP contribution in [-0.2, 0) is 4.74 Å². The van der Waals surface area contributed by atoms with Crippen LogP contribution in [0.1, 0.15) is 40.0 Å². The van der Waals surface area contributed by atoms with E-state index in [1.165, 1.54) is 0 Å². The quantitative estimate of drug-likeness (QED) is 0.695. The molecule has 0 aliphatic carbocycles. The van der Waals surface area contributed by atoms with E-state index in [4.69, 9.17) is 21.1 Å². The van der Waals surface area contributed by atoms with Gasteiger partial charge < -0.3 is 24.2 Å². The second-order valence-corrected chi connectivity index (χ2v) is 9.09. The van der Waals surface area contributed by atoms with Gasteiger partial charge in [-0.3, -0.25) is 0 Å². The van der Waals surface area contributed by atoms with Crippen LogP contribution in [0, 0.1) is 0 Å². The highest BCUT2D eigenvalue weighted by Gasteiger charge is 2.38. The first-order chi connectivity index (χ1) is 13.2. The number of hydrogen-bond acceptors (Lipinski definition) is 7. The van der Waals surface area contributed by atoms with E-state index < -0.39 is 5.60 Å². The molecule has 3 aliphatic heterocycles. The molecule has 154 valence electrons. The SMILES string of the molecule is CN(C(=O)OC(C)(C)C)[C@@H]1CCN(c2nc(Cl)nc3c2OCC2CCCN32)C1. The maximum atomic E-state index is 12.4. The smallest absolute Gasteiger partial charge is 0.410 e. The number of hydrogen-bond donors (Lipinski definition) is 0. The van der Waals surface area contributed by atoms with Crippen molar-refractivity contribution in [2.45, 2.75) is 57.7 Å². The highest BCUT2D eigenvalue weighted by Crippen LogP contribution is 2.43. The van der Waals surface area contributed by atoms with Crippen molar-refractivity contribution in [2.75, 3.05) is 43.1 Å². The lowest BCUT2D eigenvalue weighted by molar-refractivity contribution is 0.0238. The van der Waals surface area contributed by atoms with E-state index in [0.29, 0.717) is 24.9 Å². The van der Waals surface area contributed by atoms with Gasteiger partial charge in [0.25, 0.3) is 0 Å². The molecule has 0 radical (unpaired) electrons. The zero-order valence-electron chi connectivity index (χ0n) is 16.9. The van der Waals surface area contributed by atoms with E-state index in [0.717, 1.165) is 44.0 Å². The fourth-order valence-corrected chi connectivity index (χ4v) is 4.30. The lowest BCUT2D eigenvalue weighted by Gasteiger charge is -2.34. The van der Waals surface area contributed by atoms with E-state index in [9.17, 15) is 4.79 Å². The molecule has 0 bridgehead atoms. The third-order valence-electron chi connectivity index (χ3n) is 5.56. The molecule has 8 nitrogen and oxygen atoms in total. The number of anilines is 2. The Labute approximate surface area is 170 Å². The number of aromatic nitrogens is 2. The van der Waals surface area contributed by atoms with Crippen molar-refractivity contribution >= 4 is 29.3 Å². The number of fused-ring (bicyclic) bond motifs is 3. The van der Waals surface area contributed by atoms with Crippen molar-refractivity contribution in [1.29, 1.82) is 0 Å². The molecule has 1 aromatic heterocycles. The van der Waals surface area contributed by atoms with Gasteiger partial charge in [0.05, 0.1) is 12.1 Å². The molecular formula is C19H28ClN5O3. The fraction of sp³-hybridized carbons (Fsp3) is 0.737. The summed E-state index contributed by atoms with van der Waals surface area (Å²) in [5.41, 5.74) is -0.511. The van der Waals surface area contributed by atoms with Gasteiger partial charge in [0.1, 0.15) is 12.2 Å². The van der Waals surface area contributed by atoms with Gasteiger partial charge in [-0.2, -0.15) is 9.97 Å². The van der Waals surface area contributed by atoms with Crippen LogP contribution < -0.4 is 14.5 Å². The summed E-state index contributed by atoms with van der Waals surface area (Å²) in [5, 5.41) is 0.230. The van der Waals surface area contributed by atoms with Crippen LogP contribution in [-0.4, -0.2) is 71.9 Å². The molecular weight excluding hydrogens is 382 g/mol. The second kappa shape index (κ2) is 7.13. The van der Waals surface area contributed by atoms with E-state index >= 15 is 0 Å². The predicted molar refractivity (Wildman–Crippen MR) is 108 cm³/mol. The standard InChI is InChI=1S/C19H28ClN5O3/c1-19(2,3)28-18(26)23(4)12-7-9-24(10-12)15-14-16(22-17(20)21-15)25-8-5-6-13(25)11-27-14/h12-13H,5-11H2,1-4H3/t12-,13?/m1/s1. The van der Waals surface area contributed by atoms with Crippen molar-refractivity contribution in [1.82, 2.24) is 14.9 Å². The van der Waals surface area contributed by atoms with Crippen molar-refractivity contribution in [3.05, 3.63) is 5.28 Å². The summed E-state index contributed by atoms with van der Waals surface area (Å²) in [6, 6.07) is 0.415. The van der Waals surface area contributed by atoms with Crippen LogP contribution in [0.3, 0.4) is 0 Å². The highest BCUT2D eigenvalue weighted by atomic mass is 35.5. The first kappa shape index (κ1) is 19.4. The van der Waals surface area contributed by atoms with Crippen LogP contribution in [0.15, 0.2) is 0 Å². The molecule has 28 heavy (non-hydrogen) atoms. The topological polar surface area (TPSA) is 71.0 Å². The number of carbonyl (C=O) groups excluding carboxylic acids is 1. The molecule has 0 aromatic carbocycles. The molecule has 2 saturated heterocycles. The lowest BCUT2D eigenvalue weighted by Crippen LogP contribution is -2.42. The fourth-order valence-electron chi connectivity index (χ4n) is 4.14. The minimum atomic E-state index is -0.511. The summed E-state index contributed by atoms with van der Waals surface area (Å²) in [6.07, 6.45) is 2.77. The Morgan fingerprint density at radius 3 is 2.75 bits per heavy atom. The molecule has 0 N–H and O–H groups in total. The molecule has 0 spiro atoms. The zero-order chi connectivity index (χ0) is 20.1. The molecule has 1 unspecified atom stereocenters. The number of amides is 1. The predicted octanol–water partition coefficient (Wildman–Crippen LogP) is 2.94. The Kier molecular flexibility index (Phi) is 4.93. The van der Waals surface area contributed by atoms with Crippen molar-refractivity contribution in [2.24, 2.45) is 0 Å². The van der Waals surface area contributed by atoms with Gasteiger partial charge in [-0.25, -0.2) is 4.79 Å². The minimum absolute atomic E-state index is 0.0439. The summed E-state index contributed by atoms with van der Waals surface area (Å²) in [4.78, 5) is 27.4. The Morgan fingerprint density at radius 2 is 2.00 bits per heavy atom. The van der Waals surface area contributed by atoms with Crippen LogP contribution in [0.5, 0.6) is 5.75 Å². The van der Waals surface area contributed by atoms with Gasteiger partial charge in [-0.05, 0) is 51.6 Å². The Balaban J connectivity index is 1.53. The minimum Gasteiger partial charge on any atom is -0.484 e. The number of rotatable bonds is 2. The lowest BCUT2D eigenvalue weighted by atomic mass is 10.2. The number of likely N-dealkylation sites (N-methyl/N-ethyl adjacent to an activating group) is 1. The van der Waals surface area contributed by atoms with Gasteiger partial charge >= 0.3 is 6.09 Å². The van der Waals surface area contributed by atoms with Crippen molar-refractivity contribution in [3.8, 4) is 5.75 Å². The van der Waals surface area contributed by atoms with Gasteiger partial charge in [0, 0.05) is 26.7 Å². The molecule has 0 saturated carbocycles. The van der Waals surface area contributed by atoms with E-state index in [-0.39, 0.29) is 17.4 Å². The first-order valence-electron chi connectivity index (χ1n) is 9.90. The molecule has 9 heteroatoms. The van der Waals surface area contributed by atoms with E-state index in [1.807, 2.05) is 20.8 Å². The first-order valence-corrected chi connectivity index (χ1v) is 10.3. The monoisotopic (exact) mass is 409 g/mol. The summed E-state index contributed by atoms with van der Waals surface area (Å²) < 4.78 is 11.6. The number of halogens is 1. The average molecular weight is 410 g/mol. The van der Waals surface area contributed by atoms with Gasteiger partial charge in [-0.1, -0.05) is 0 Å². The van der Waals surface area contributed by atoms with E-state index in [2.05, 4.69) is 19.8 Å². The number of ether oxygens (including phenoxy) is 2. The maximum absolute atomic E-state index is 12.4. The molecule has 4 rings (SSSR count). The summed E-state index contributed by atoms with van der Waals surface area (Å²) in [5.74, 6) is 2.23. The Morgan fingerprint density at radius 1 is 1.25 bits per heavy atom. The van der Waals surface area contributed by atoms with Crippen LogP contribution in [0.4, 0.5) is 16.4 Å². The molecule has 2 atom stereocenters. The van der Waals surface area contributed by atoms with Crippen molar-refractivity contribution < 1.29 is 14.3 Å². The third-order valence-corrected chi connectivity index (χ3v) is 5.73. The van der Waals surface area contributed by atoms with E-state index in [1.54, 1.807) is 11.9 Å². The zero-order valence-corrected chi connectivity index (χ0v) is 17.7. The normalized spacial score (nSPS) is 23.9.